The minimum atomic E-state index is -1.09. The predicted octanol–water partition coefficient (Wildman–Crippen LogP) is 2.18. The Morgan fingerprint density at radius 1 is 1.22 bits per heavy atom. The van der Waals surface area contributed by atoms with Crippen LogP contribution in [0.15, 0.2) is 30.6 Å². The summed E-state index contributed by atoms with van der Waals surface area (Å²) in [5.74, 6) is -0.0279. The van der Waals surface area contributed by atoms with Crippen molar-refractivity contribution in [2.24, 2.45) is 0 Å². The van der Waals surface area contributed by atoms with E-state index in [-0.39, 0.29) is 30.0 Å². The number of carbonyl (C=O) groups is 2. The fraction of sp³-hybridized carbons (Fsp3) is 0.167. The van der Waals surface area contributed by atoms with E-state index in [9.17, 15) is 18.4 Å². The highest BCUT2D eigenvalue weighted by Gasteiger charge is 2.32. The summed E-state index contributed by atoms with van der Waals surface area (Å²) >= 11 is 0. The third-order valence-electron chi connectivity index (χ3n) is 4.02. The Morgan fingerprint density at radius 2 is 1.96 bits per heavy atom. The van der Waals surface area contributed by atoms with Crippen LogP contribution in [0.4, 0.5) is 25.0 Å². The summed E-state index contributed by atoms with van der Waals surface area (Å²) in [5, 5.41) is 14.0. The van der Waals surface area contributed by atoms with Gasteiger partial charge in [-0.25, -0.2) is 13.6 Å². The van der Waals surface area contributed by atoms with Crippen molar-refractivity contribution in [3.05, 3.63) is 53.4 Å². The van der Waals surface area contributed by atoms with Gasteiger partial charge in [0.05, 0.1) is 29.8 Å². The molecule has 0 radical (unpaired) electrons. The van der Waals surface area contributed by atoms with Crippen molar-refractivity contribution in [3.8, 4) is 12.3 Å². The van der Waals surface area contributed by atoms with Crippen molar-refractivity contribution >= 4 is 23.4 Å². The second-order valence-electron chi connectivity index (χ2n) is 5.87. The molecule has 3 rings (SSSR count). The molecule has 3 N–H and O–H groups in total. The highest BCUT2D eigenvalue weighted by molar-refractivity contribution is 6.00. The van der Waals surface area contributed by atoms with Gasteiger partial charge in [0.2, 0.25) is 0 Å². The van der Waals surface area contributed by atoms with E-state index in [1.807, 2.05) is 0 Å². The summed E-state index contributed by atoms with van der Waals surface area (Å²) in [6, 6.07) is 3.56. The van der Waals surface area contributed by atoms with Crippen LogP contribution >= 0.6 is 0 Å². The zero-order chi connectivity index (χ0) is 19.6. The number of amides is 2. The van der Waals surface area contributed by atoms with Gasteiger partial charge in [-0.2, -0.15) is 0 Å². The molecule has 0 aliphatic carbocycles. The Balaban J connectivity index is 1.80. The van der Waals surface area contributed by atoms with Crippen molar-refractivity contribution in [3.63, 3.8) is 0 Å². The smallest absolute Gasteiger partial charge is 0.407 e. The normalized spacial score (nSPS) is 13.4. The maximum atomic E-state index is 14.2. The number of nitrogens with one attached hydrogen (secondary N) is 2. The Bertz CT molecular complexity index is 952. The summed E-state index contributed by atoms with van der Waals surface area (Å²) in [7, 11) is 0. The molecule has 2 amide bonds. The van der Waals surface area contributed by atoms with Crippen molar-refractivity contribution < 1.29 is 23.5 Å². The summed E-state index contributed by atoms with van der Waals surface area (Å²) in [6.07, 6.45) is 6.17. The topological polar surface area (TPSA) is 94.6 Å². The van der Waals surface area contributed by atoms with Gasteiger partial charge >= 0.3 is 6.09 Å². The molecule has 0 saturated carbocycles. The van der Waals surface area contributed by atoms with Crippen LogP contribution < -0.4 is 10.6 Å². The predicted molar refractivity (Wildman–Crippen MR) is 92.7 cm³/mol. The summed E-state index contributed by atoms with van der Waals surface area (Å²) < 4.78 is 28.3. The molecule has 0 spiro atoms. The number of carboxylic acid groups (broad SMARTS) is 1. The van der Waals surface area contributed by atoms with Gasteiger partial charge in [0.15, 0.2) is 5.82 Å². The third-order valence-corrected chi connectivity index (χ3v) is 4.02. The van der Waals surface area contributed by atoms with Gasteiger partial charge < -0.3 is 20.6 Å². The molecule has 27 heavy (non-hydrogen) atoms. The van der Waals surface area contributed by atoms with Crippen molar-refractivity contribution in [1.82, 2.24) is 15.2 Å². The molecular formula is C18H14F2N4O3. The number of rotatable bonds is 4. The molecule has 0 unspecified atom stereocenters. The standard InChI is InChI=1S/C18H14F2N4O3/c1-2-10-3-4-14(12(19)5-10)23-15-7-21-6-13(20)16(15)17(25)22-11-8-24(9-11)18(26)27/h1,3-7,11,23H,8-9H2,(H,22,25)(H,26,27). The Kier molecular flexibility index (Phi) is 4.90. The van der Waals surface area contributed by atoms with E-state index in [4.69, 9.17) is 11.5 Å². The lowest BCUT2D eigenvalue weighted by Crippen LogP contribution is -2.60. The van der Waals surface area contributed by atoms with Gasteiger partial charge in [-0.3, -0.25) is 9.78 Å². The molecule has 9 heteroatoms. The number of terminal acetylenes is 1. The average molecular weight is 372 g/mol. The number of hydrogen-bond acceptors (Lipinski definition) is 4. The zero-order valence-electron chi connectivity index (χ0n) is 13.9. The first-order valence-electron chi connectivity index (χ1n) is 7.84. The molecule has 2 heterocycles. The monoisotopic (exact) mass is 372 g/mol. The van der Waals surface area contributed by atoms with Crippen LogP contribution in [0.5, 0.6) is 0 Å². The van der Waals surface area contributed by atoms with Crippen LogP contribution in [-0.4, -0.2) is 46.1 Å². The lowest BCUT2D eigenvalue weighted by Gasteiger charge is -2.37. The van der Waals surface area contributed by atoms with E-state index in [1.54, 1.807) is 0 Å². The number of benzene rings is 1. The highest BCUT2D eigenvalue weighted by Crippen LogP contribution is 2.25. The number of likely N-dealkylation sites (tertiary alicyclic amines) is 1. The molecule has 1 saturated heterocycles. The van der Waals surface area contributed by atoms with E-state index in [2.05, 4.69) is 21.5 Å². The number of nitrogens with zero attached hydrogens (tertiary/aromatic N) is 2. The third kappa shape index (κ3) is 3.79. The molecular weight excluding hydrogens is 358 g/mol. The lowest BCUT2D eigenvalue weighted by atomic mass is 10.1. The van der Waals surface area contributed by atoms with Crippen LogP contribution in [0.3, 0.4) is 0 Å². The zero-order valence-corrected chi connectivity index (χ0v) is 13.9. The van der Waals surface area contributed by atoms with E-state index < -0.39 is 29.7 Å². The molecule has 1 aromatic carbocycles. The first kappa shape index (κ1) is 18.1. The first-order chi connectivity index (χ1) is 12.9. The van der Waals surface area contributed by atoms with Gasteiger partial charge in [-0.15, -0.1) is 6.42 Å². The lowest BCUT2D eigenvalue weighted by molar-refractivity contribution is 0.0765. The quantitative estimate of drug-likeness (QED) is 0.715. The molecule has 0 atom stereocenters. The molecule has 0 bridgehead atoms. The largest absolute Gasteiger partial charge is 0.465 e. The average Bonchev–Trinajstić information content (AvgIpc) is 2.59. The number of halogens is 2. The number of anilines is 2. The van der Waals surface area contributed by atoms with Crippen molar-refractivity contribution in [2.75, 3.05) is 18.4 Å². The molecule has 138 valence electrons. The van der Waals surface area contributed by atoms with Crippen LogP contribution in [0.2, 0.25) is 0 Å². The number of pyridine rings is 1. The van der Waals surface area contributed by atoms with Gasteiger partial charge in [-0.05, 0) is 18.2 Å². The minimum absolute atomic E-state index is 0.00357. The van der Waals surface area contributed by atoms with Gasteiger partial charge in [-0.1, -0.05) is 5.92 Å². The Hall–Kier alpha value is -3.67. The summed E-state index contributed by atoms with van der Waals surface area (Å²) in [4.78, 5) is 28.0. The Morgan fingerprint density at radius 3 is 2.59 bits per heavy atom. The maximum absolute atomic E-state index is 14.2. The molecule has 1 fully saturated rings. The van der Waals surface area contributed by atoms with Crippen LogP contribution in [-0.2, 0) is 0 Å². The second kappa shape index (κ2) is 7.29. The number of aromatic nitrogens is 1. The fourth-order valence-corrected chi connectivity index (χ4v) is 2.60. The Labute approximate surface area is 153 Å². The van der Waals surface area contributed by atoms with Gasteiger partial charge in [0.25, 0.3) is 5.91 Å². The van der Waals surface area contributed by atoms with Gasteiger partial charge in [0.1, 0.15) is 11.4 Å². The van der Waals surface area contributed by atoms with Gasteiger partial charge in [0, 0.05) is 18.7 Å². The summed E-state index contributed by atoms with van der Waals surface area (Å²) in [6.45, 7) is 0.220. The van der Waals surface area contributed by atoms with Crippen LogP contribution in [0.25, 0.3) is 0 Å². The molecule has 1 aliphatic rings. The van der Waals surface area contributed by atoms with Crippen LogP contribution in [0.1, 0.15) is 15.9 Å². The van der Waals surface area contributed by atoms with Crippen molar-refractivity contribution in [2.45, 2.75) is 6.04 Å². The molecule has 1 aromatic heterocycles. The van der Waals surface area contributed by atoms with E-state index >= 15 is 0 Å². The van der Waals surface area contributed by atoms with E-state index in [0.29, 0.717) is 5.56 Å². The maximum Gasteiger partial charge on any atom is 0.407 e. The van der Waals surface area contributed by atoms with E-state index in [1.165, 1.54) is 18.3 Å². The first-order valence-corrected chi connectivity index (χ1v) is 7.84. The molecule has 2 aromatic rings. The summed E-state index contributed by atoms with van der Waals surface area (Å²) in [5.41, 5.74) is -0.0500. The number of hydrogen-bond donors (Lipinski definition) is 3. The number of carbonyl (C=O) groups excluding carboxylic acids is 1. The second-order valence-corrected chi connectivity index (χ2v) is 5.87. The minimum Gasteiger partial charge on any atom is -0.465 e. The molecule has 7 nitrogen and oxygen atoms in total. The van der Waals surface area contributed by atoms with Crippen LogP contribution in [0, 0.1) is 24.0 Å². The highest BCUT2D eigenvalue weighted by atomic mass is 19.1. The SMILES string of the molecule is C#Cc1ccc(Nc2cncc(F)c2C(=O)NC2CN(C(=O)O)C2)c(F)c1. The van der Waals surface area contributed by atoms with Crippen molar-refractivity contribution in [1.29, 1.82) is 0 Å². The molecule has 1 aliphatic heterocycles. The van der Waals surface area contributed by atoms with E-state index in [0.717, 1.165) is 17.2 Å². The fourth-order valence-electron chi connectivity index (χ4n) is 2.60.